The Morgan fingerprint density at radius 3 is 2.37 bits per heavy atom. The van der Waals surface area contributed by atoms with Gasteiger partial charge in [0.15, 0.2) is 0 Å². The van der Waals surface area contributed by atoms with Crippen LogP contribution < -0.4 is 4.74 Å². The van der Waals surface area contributed by atoms with Crippen molar-refractivity contribution in [2.45, 2.75) is 19.8 Å². The summed E-state index contributed by atoms with van der Waals surface area (Å²) in [5, 5.41) is 9.06. The van der Waals surface area contributed by atoms with E-state index < -0.39 is 0 Å². The number of ether oxygens (including phenoxy) is 1. The van der Waals surface area contributed by atoms with Crippen LogP contribution in [0.25, 0.3) is 0 Å². The van der Waals surface area contributed by atoms with E-state index >= 15 is 0 Å². The zero-order valence-electron chi connectivity index (χ0n) is 10.9. The van der Waals surface area contributed by atoms with E-state index in [1.54, 1.807) is 12.1 Å². The molecule has 2 nitrogen and oxygen atoms in total. The lowest BCUT2D eigenvalue weighted by Gasteiger charge is -2.10. The van der Waals surface area contributed by atoms with Crippen molar-refractivity contribution in [3.8, 4) is 17.6 Å². The molecule has 3 heteroatoms. The van der Waals surface area contributed by atoms with Gasteiger partial charge in [-0.3, -0.25) is 0 Å². The standard InChI is InChI=1S/C16H14BrNO/c1-11(2)12-4-7-15(8-5-12)19-16-9-14(17)6-3-13(16)10-18/h3-9,11H,1-2H3. The molecule has 2 aromatic rings. The highest BCUT2D eigenvalue weighted by atomic mass is 79.9. The van der Waals surface area contributed by atoms with Gasteiger partial charge in [0, 0.05) is 4.47 Å². The van der Waals surface area contributed by atoms with Crippen LogP contribution in [0.1, 0.15) is 30.9 Å². The van der Waals surface area contributed by atoms with Crippen molar-refractivity contribution in [1.29, 1.82) is 5.26 Å². The predicted molar refractivity (Wildman–Crippen MR) is 79.5 cm³/mol. The molecule has 0 atom stereocenters. The summed E-state index contributed by atoms with van der Waals surface area (Å²) in [6.07, 6.45) is 0. The lowest BCUT2D eigenvalue weighted by atomic mass is 10.0. The maximum atomic E-state index is 9.06. The van der Waals surface area contributed by atoms with Gasteiger partial charge < -0.3 is 4.74 Å². The van der Waals surface area contributed by atoms with Crippen LogP contribution in [-0.2, 0) is 0 Å². The van der Waals surface area contributed by atoms with Gasteiger partial charge in [-0.05, 0) is 41.8 Å². The van der Waals surface area contributed by atoms with Crippen LogP contribution in [0.3, 0.4) is 0 Å². The molecule has 0 N–H and O–H groups in total. The van der Waals surface area contributed by atoms with E-state index in [-0.39, 0.29) is 0 Å². The third-order valence-electron chi connectivity index (χ3n) is 2.84. The normalized spacial score (nSPS) is 10.3. The van der Waals surface area contributed by atoms with Gasteiger partial charge in [0.1, 0.15) is 17.6 Å². The molecule has 0 bridgehead atoms. The van der Waals surface area contributed by atoms with Crippen molar-refractivity contribution < 1.29 is 4.74 Å². The summed E-state index contributed by atoms with van der Waals surface area (Å²) in [7, 11) is 0. The van der Waals surface area contributed by atoms with Crippen molar-refractivity contribution in [2.75, 3.05) is 0 Å². The minimum Gasteiger partial charge on any atom is -0.456 e. The molecule has 0 unspecified atom stereocenters. The van der Waals surface area contributed by atoms with Gasteiger partial charge in [-0.1, -0.05) is 41.9 Å². The summed E-state index contributed by atoms with van der Waals surface area (Å²) < 4.78 is 6.65. The fourth-order valence-electron chi connectivity index (χ4n) is 1.72. The molecule has 0 heterocycles. The monoisotopic (exact) mass is 315 g/mol. The molecule has 0 aromatic heterocycles. The molecule has 0 saturated carbocycles. The number of nitriles is 1. The Balaban J connectivity index is 2.26. The molecule has 19 heavy (non-hydrogen) atoms. The lowest BCUT2D eigenvalue weighted by Crippen LogP contribution is -1.90. The van der Waals surface area contributed by atoms with Crippen LogP contribution in [0.15, 0.2) is 46.9 Å². The summed E-state index contributed by atoms with van der Waals surface area (Å²) >= 11 is 3.38. The van der Waals surface area contributed by atoms with Crippen LogP contribution in [0.4, 0.5) is 0 Å². The number of nitrogens with zero attached hydrogens (tertiary/aromatic N) is 1. The smallest absolute Gasteiger partial charge is 0.146 e. The third kappa shape index (κ3) is 3.36. The molecule has 0 aliphatic heterocycles. The first-order valence-electron chi connectivity index (χ1n) is 6.07. The zero-order valence-corrected chi connectivity index (χ0v) is 12.4. The molecule has 0 saturated heterocycles. The zero-order chi connectivity index (χ0) is 13.8. The van der Waals surface area contributed by atoms with Crippen LogP contribution >= 0.6 is 15.9 Å². The minimum atomic E-state index is 0.495. The van der Waals surface area contributed by atoms with Crippen molar-refractivity contribution >= 4 is 15.9 Å². The van der Waals surface area contributed by atoms with Gasteiger partial charge >= 0.3 is 0 Å². The quantitative estimate of drug-likeness (QED) is 0.776. The van der Waals surface area contributed by atoms with Crippen LogP contribution in [0.5, 0.6) is 11.5 Å². The summed E-state index contributed by atoms with van der Waals surface area (Å²) in [6.45, 7) is 4.30. The van der Waals surface area contributed by atoms with E-state index in [1.165, 1.54) is 5.56 Å². The van der Waals surface area contributed by atoms with Crippen molar-refractivity contribution in [3.05, 3.63) is 58.1 Å². The van der Waals surface area contributed by atoms with E-state index in [1.807, 2.05) is 30.3 Å². The van der Waals surface area contributed by atoms with Crippen molar-refractivity contribution in [3.63, 3.8) is 0 Å². The average Bonchev–Trinajstić information content (AvgIpc) is 2.39. The predicted octanol–water partition coefficient (Wildman–Crippen LogP) is 5.24. The Bertz CT molecular complexity index is 612. The Labute approximate surface area is 121 Å². The molecule has 0 aliphatic carbocycles. The van der Waals surface area contributed by atoms with Crippen LogP contribution in [0.2, 0.25) is 0 Å². The molecule has 2 rings (SSSR count). The summed E-state index contributed by atoms with van der Waals surface area (Å²) in [4.78, 5) is 0. The average molecular weight is 316 g/mol. The topological polar surface area (TPSA) is 33.0 Å². The first kappa shape index (κ1) is 13.6. The molecule has 0 spiro atoms. The second-order valence-corrected chi connectivity index (χ2v) is 5.49. The SMILES string of the molecule is CC(C)c1ccc(Oc2cc(Br)ccc2C#N)cc1. The number of hydrogen-bond donors (Lipinski definition) is 0. The van der Waals surface area contributed by atoms with E-state index in [2.05, 4.69) is 35.8 Å². The Kier molecular flexibility index (Phi) is 4.24. The first-order chi connectivity index (χ1) is 9.10. The highest BCUT2D eigenvalue weighted by Gasteiger charge is 2.06. The number of halogens is 1. The number of benzene rings is 2. The molecule has 2 aromatic carbocycles. The molecule has 0 amide bonds. The summed E-state index contributed by atoms with van der Waals surface area (Å²) in [5.41, 5.74) is 1.79. The second-order valence-electron chi connectivity index (χ2n) is 4.58. The van der Waals surface area contributed by atoms with Gasteiger partial charge in [0.05, 0.1) is 5.56 Å². The van der Waals surface area contributed by atoms with Gasteiger partial charge in [0.2, 0.25) is 0 Å². The third-order valence-corrected chi connectivity index (χ3v) is 3.33. The molecule has 96 valence electrons. The minimum absolute atomic E-state index is 0.495. The van der Waals surface area contributed by atoms with Crippen molar-refractivity contribution in [1.82, 2.24) is 0 Å². The Hall–Kier alpha value is -1.79. The Morgan fingerprint density at radius 2 is 1.79 bits per heavy atom. The largest absolute Gasteiger partial charge is 0.456 e. The molecular formula is C16H14BrNO. The highest BCUT2D eigenvalue weighted by Crippen LogP contribution is 2.29. The van der Waals surface area contributed by atoms with Gasteiger partial charge in [-0.2, -0.15) is 5.26 Å². The van der Waals surface area contributed by atoms with E-state index in [4.69, 9.17) is 10.00 Å². The first-order valence-corrected chi connectivity index (χ1v) is 6.87. The fraction of sp³-hybridized carbons (Fsp3) is 0.188. The van der Waals surface area contributed by atoms with E-state index in [0.717, 1.165) is 10.2 Å². The number of rotatable bonds is 3. The molecule has 0 radical (unpaired) electrons. The van der Waals surface area contributed by atoms with Gasteiger partial charge in [0.25, 0.3) is 0 Å². The highest BCUT2D eigenvalue weighted by molar-refractivity contribution is 9.10. The second kappa shape index (κ2) is 5.90. The van der Waals surface area contributed by atoms with E-state index in [9.17, 15) is 0 Å². The lowest BCUT2D eigenvalue weighted by molar-refractivity contribution is 0.480. The molecular weight excluding hydrogens is 302 g/mol. The summed E-state index contributed by atoms with van der Waals surface area (Å²) in [5.74, 6) is 1.79. The molecule has 0 aliphatic rings. The molecule has 0 fully saturated rings. The van der Waals surface area contributed by atoms with E-state index in [0.29, 0.717) is 17.2 Å². The maximum absolute atomic E-state index is 9.06. The van der Waals surface area contributed by atoms with Crippen LogP contribution in [-0.4, -0.2) is 0 Å². The van der Waals surface area contributed by atoms with Crippen molar-refractivity contribution in [2.24, 2.45) is 0 Å². The Morgan fingerprint density at radius 1 is 1.11 bits per heavy atom. The maximum Gasteiger partial charge on any atom is 0.146 e. The van der Waals surface area contributed by atoms with Crippen LogP contribution in [0, 0.1) is 11.3 Å². The van der Waals surface area contributed by atoms with Gasteiger partial charge in [-0.15, -0.1) is 0 Å². The van der Waals surface area contributed by atoms with Gasteiger partial charge in [-0.25, -0.2) is 0 Å². The fourth-order valence-corrected chi connectivity index (χ4v) is 2.06. The number of hydrogen-bond acceptors (Lipinski definition) is 2. The summed E-state index contributed by atoms with van der Waals surface area (Å²) in [6, 6.07) is 15.4.